The number of hydrogen-bond acceptors (Lipinski definition) is 14. The van der Waals surface area contributed by atoms with Gasteiger partial charge in [0, 0.05) is 27.7 Å². The third kappa shape index (κ3) is 4.62. The highest BCUT2D eigenvalue weighted by atomic mass is 32.1. The SMILES string of the molecule is CC(=O)OC[C@H]1O[C@@H](n2c(=O)sc3c(=O)[nH]c(N)nc32)[C@H](OC(C)=O)C1(OC(C)=O)OC(C)=O. The number of nitrogens with two attached hydrogens (primary N) is 1. The standard InChI is InChI=1S/C18H20N4O11S/c1-6(23)29-5-10-18(32-8(3)25,33-9(4)26)12(30-7(2)24)15(31-10)22-13-11(34-17(22)28)14(27)21-16(19)20-13/h10,12,15H,5H2,1-4H3,(H3,19,20,21,27)/t10-,12+,15-/m1/s1. The van der Waals surface area contributed by atoms with Gasteiger partial charge in [0.15, 0.2) is 18.0 Å². The maximum Gasteiger partial charge on any atom is 0.327 e. The van der Waals surface area contributed by atoms with Crippen molar-refractivity contribution < 1.29 is 42.9 Å². The van der Waals surface area contributed by atoms with Crippen LogP contribution in [0.2, 0.25) is 0 Å². The van der Waals surface area contributed by atoms with E-state index in [0.717, 1.165) is 32.3 Å². The van der Waals surface area contributed by atoms with Gasteiger partial charge in [-0.25, -0.2) is 0 Å². The van der Waals surface area contributed by atoms with Gasteiger partial charge in [-0.05, 0) is 0 Å². The first kappa shape index (κ1) is 24.8. The molecule has 0 radical (unpaired) electrons. The highest BCUT2D eigenvalue weighted by Crippen LogP contribution is 2.44. The number of nitrogens with zero attached hydrogens (tertiary/aromatic N) is 2. The van der Waals surface area contributed by atoms with Crippen molar-refractivity contribution >= 4 is 51.5 Å². The maximum atomic E-state index is 12.9. The fourth-order valence-corrected chi connectivity index (χ4v) is 4.31. The van der Waals surface area contributed by atoms with E-state index < -0.39 is 65.1 Å². The molecule has 3 atom stereocenters. The summed E-state index contributed by atoms with van der Waals surface area (Å²) in [6.07, 6.45) is -4.98. The number of fused-ring (bicyclic) bond motifs is 1. The first-order chi connectivity index (χ1) is 15.9. The number of aromatic amines is 1. The third-order valence-electron chi connectivity index (χ3n) is 4.49. The summed E-state index contributed by atoms with van der Waals surface area (Å²) in [5, 5.41) is 0. The van der Waals surface area contributed by atoms with Crippen LogP contribution in [0.4, 0.5) is 5.95 Å². The number of carbonyl (C=O) groups is 4. The maximum absolute atomic E-state index is 12.9. The lowest BCUT2D eigenvalue weighted by molar-refractivity contribution is -0.270. The van der Waals surface area contributed by atoms with E-state index in [-0.39, 0.29) is 16.3 Å². The Morgan fingerprint density at radius 2 is 1.71 bits per heavy atom. The lowest BCUT2D eigenvalue weighted by atomic mass is 10.0. The molecule has 0 aliphatic carbocycles. The minimum Gasteiger partial charge on any atom is -0.463 e. The number of hydrogen-bond donors (Lipinski definition) is 2. The normalized spacial score (nSPS) is 21.1. The molecule has 1 saturated heterocycles. The number of aromatic nitrogens is 3. The monoisotopic (exact) mass is 500 g/mol. The van der Waals surface area contributed by atoms with Gasteiger partial charge < -0.3 is 29.4 Å². The highest BCUT2D eigenvalue weighted by Gasteiger charge is 2.66. The lowest BCUT2D eigenvalue weighted by Crippen LogP contribution is -2.57. The Balaban J connectivity index is 2.28. The summed E-state index contributed by atoms with van der Waals surface area (Å²) in [5.74, 6) is -6.42. The molecule has 0 saturated carbocycles. The molecule has 1 fully saturated rings. The van der Waals surface area contributed by atoms with Gasteiger partial charge in [-0.15, -0.1) is 0 Å². The molecule has 15 nitrogen and oxygen atoms in total. The van der Waals surface area contributed by atoms with E-state index >= 15 is 0 Å². The first-order valence-corrected chi connectivity index (χ1v) is 10.4. The number of carbonyl (C=O) groups excluding carboxylic acids is 4. The molecule has 0 aromatic carbocycles. The molecule has 0 unspecified atom stereocenters. The largest absolute Gasteiger partial charge is 0.463 e. The molecule has 0 amide bonds. The lowest BCUT2D eigenvalue weighted by Gasteiger charge is -2.35. The zero-order chi connectivity index (χ0) is 25.4. The van der Waals surface area contributed by atoms with Crippen LogP contribution in [0.1, 0.15) is 33.9 Å². The van der Waals surface area contributed by atoms with Gasteiger partial charge in [-0.1, -0.05) is 11.3 Å². The highest BCUT2D eigenvalue weighted by molar-refractivity contribution is 7.16. The van der Waals surface area contributed by atoms with Crippen molar-refractivity contribution in [3.8, 4) is 0 Å². The van der Waals surface area contributed by atoms with E-state index in [1.165, 1.54) is 0 Å². The van der Waals surface area contributed by atoms with E-state index in [9.17, 15) is 28.8 Å². The minimum absolute atomic E-state index is 0.126. The summed E-state index contributed by atoms with van der Waals surface area (Å²) >= 11 is 0.494. The van der Waals surface area contributed by atoms with E-state index in [4.69, 9.17) is 29.4 Å². The summed E-state index contributed by atoms with van der Waals surface area (Å²) in [6.45, 7) is 3.45. The number of nitrogen functional groups attached to an aromatic ring is 1. The zero-order valence-corrected chi connectivity index (χ0v) is 19.1. The van der Waals surface area contributed by atoms with Crippen molar-refractivity contribution in [2.75, 3.05) is 12.3 Å². The Labute approximate surface area is 193 Å². The molecule has 3 N–H and O–H groups in total. The van der Waals surface area contributed by atoms with Crippen LogP contribution in [0.25, 0.3) is 10.3 Å². The van der Waals surface area contributed by atoms with Gasteiger partial charge in [-0.3, -0.25) is 38.3 Å². The number of ether oxygens (including phenoxy) is 5. The third-order valence-corrected chi connectivity index (χ3v) is 5.43. The second-order valence-electron chi connectivity index (χ2n) is 7.10. The van der Waals surface area contributed by atoms with Gasteiger partial charge in [0.2, 0.25) is 12.1 Å². The fraction of sp³-hybridized carbons (Fsp3) is 0.500. The predicted octanol–water partition coefficient (Wildman–Crippen LogP) is -1.06. The topological polar surface area (TPSA) is 208 Å². The fourth-order valence-electron chi connectivity index (χ4n) is 3.47. The van der Waals surface area contributed by atoms with Gasteiger partial charge in [0.1, 0.15) is 11.3 Å². The molecule has 34 heavy (non-hydrogen) atoms. The van der Waals surface area contributed by atoms with Crippen LogP contribution in [0, 0.1) is 0 Å². The molecule has 0 bridgehead atoms. The molecule has 16 heteroatoms. The Morgan fingerprint density at radius 1 is 1.09 bits per heavy atom. The van der Waals surface area contributed by atoms with E-state index in [1.807, 2.05) is 0 Å². The van der Waals surface area contributed by atoms with Gasteiger partial charge in [0.25, 0.3) is 5.56 Å². The quantitative estimate of drug-likeness (QED) is 0.276. The predicted molar refractivity (Wildman–Crippen MR) is 111 cm³/mol. The molecular formula is C18H20N4O11S. The summed E-state index contributed by atoms with van der Waals surface area (Å²) < 4.78 is 27.4. The average molecular weight is 500 g/mol. The van der Waals surface area contributed by atoms with Crippen LogP contribution in [-0.2, 0) is 42.9 Å². The van der Waals surface area contributed by atoms with Crippen molar-refractivity contribution in [2.24, 2.45) is 0 Å². The van der Waals surface area contributed by atoms with E-state index in [0.29, 0.717) is 11.3 Å². The van der Waals surface area contributed by atoms with E-state index in [2.05, 4.69) is 9.97 Å². The number of thiazole rings is 1. The van der Waals surface area contributed by atoms with Crippen LogP contribution in [0.3, 0.4) is 0 Å². The van der Waals surface area contributed by atoms with Crippen LogP contribution in [0.5, 0.6) is 0 Å². The summed E-state index contributed by atoms with van der Waals surface area (Å²) in [5.41, 5.74) is 4.67. The Bertz CT molecular complexity index is 1260. The van der Waals surface area contributed by atoms with Gasteiger partial charge in [0.05, 0.1) is 0 Å². The number of esters is 4. The second kappa shape index (κ2) is 9.22. The van der Waals surface area contributed by atoms with Crippen LogP contribution in [0.15, 0.2) is 9.59 Å². The molecule has 0 spiro atoms. The van der Waals surface area contributed by atoms with Crippen molar-refractivity contribution in [1.29, 1.82) is 0 Å². The molecule has 1 aliphatic rings. The zero-order valence-electron chi connectivity index (χ0n) is 18.3. The molecule has 1 aliphatic heterocycles. The average Bonchev–Trinajstić information content (AvgIpc) is 3.14. The van der Waals surface area contributed by atoms with Crippen molar-refractivity contribution in [2.45, 2.75) is 51.9 Å². The minimum atomic E-state index is -2.47. The summed E-state index contributed by atoms with van der Waals surface area (Å²) in [6, 6.07) is 0. The van der Waals surface area contributed by atoms with Gasteiger partial charge in [-0.2, -0.15) is 4.98 Å². The number of H-pyrrole nitrogens is 1. The summed E-state index contributed by atoms with van der Waals surface area (Å²) in [4.78, 5) is 78.0. The number of anilines is 1. The smallest absolute Gasteiger partial charge is 0.327 e. The van der Waals surface area contributed by atoms with Crippen LogP contribution in [-0.4, -0.2) is 63.0 Å². The molecule has 2 aromatic rings. The molecule has 184 valence electrons. The number of rotatable bonds is 6. The number of nitrogens with one attached hydrogen (secondary N) is 1. The summed E-state index contributed by atoms with van der Waals surface area (Å²) in [7, 11) is 0. The molecule has 3 rings (SSSR count). The molecule has 3 heterocycles. The van der Waals surface area contributed by atoms with Crippen molar-refractivity contribution in [3.05, 3.63) is 20.0 Å². The first-order valence-electron chi connectivity index (χ1n) is 9.61. The Morgan fingerprint density at radius 3 is 2.24 bits per heavy atom. The molecular weight excluding hydrogens is 480 g/mol. The van der Waals surface area contributed by atoms with Crippen molar-refractivity contribution in [1.82, 2.24) is 14.5 Å². The Hall–Kier alpha value is -3.79. The molecule has 2 aromatic heterocycles. The van der Waals surface area contributed by atoms with Crippen LogP contribution < -0.4 is 16.2 Å². The van der Waals surface area contributed by atoms with Crippen molar-refractivity contribution in [3.63, 3.8) is 0 Å². The van der Waals surface area contributed by atoms with E-state index in [1.54, 1.807) is 0 Å². The van der Waals surface area contributed by atoms with Gasteiger partial charge >= 0.3 is 34.5 Å². The Kier molecular flexibility index (Phi) is 6.74. The second-order valence-corrected chi connectivity index (χ2v) is 8.06. The van der Waals surface area contributed by atoms with Crippen LogP contribution >= 0.6 is 11.3 Å².